The van der Waals surface area contributed by atoms with Crippen LogP contribution in [0.2, 0.25) is 5.02 Å². The molecule has 0 saturated heterocycles. The van der Waals surface area contributed by atoms with Crippen LogP contribution in [0.25, 0.3) is 10.9 Å². The van der Waals surface area contributed by atoms with Gasteiger partial charge in [-0.05, 0) is 24.3 Å². The fourth-order valence-corrected chi connectivity index (χ4v) is 2.07. The van der Waals surface area contributed by atoms with Gasteiger partial charge in [0.15, 0.2) is 0 Å². The Morgan fingerprint density at radius 3 is 2.94 bits per heavy atom. The fraction of sp³-hybridized carbons (Fsp3) is 0.0769. The Morgan fingerprint density at radius 1 is 1.17 bits per heavy atom. The van der Waals surface area contributed by atoms with Crippen molar-refractivity contribution < 1.29 is 0 Å². The monoisotopic (exact) mass is 258 g/mol. The molecule has 18 heavy (non-hydrogen) atoms. The summed E-state index contributed by atoms with van der Waals surface area (Å²) < 4.78 is 0. The molecule has 5 heteroatoms. The molecule has 0 amide bonds. The van der Waals surface area contributed by atoms with Gasteiger partial charge >= 0.3 is 0 Å². The number of benzene rings is 1. The van der Waals surface area contributed by atoms with Crippen molar-refractivity contribution in [1.82, 2.24) is 15.0 Å². The van der Waals surface area contributed by atoms with E-state index in [0.29, 0.717) is 11.6 Å². The zero-order chi connectivity index (χ0) is 12.4. The molecule has 2 heterocycles. The van der Waals surface area contributed by atoms with Crippen molar-refractivity contribution in [2.24, 2.45) is 0 Å². The van der Waals surface area contributed by atoms with Gasteiger partial charge in [-0.1, -0.05) is 11.6 Å². The van der Waals surface area contributed by atoms with Crippen LogP contribution in [-0.2, 0) is 6.54 Å². The highest BCUT2D eigenvalue weighted by Gasteiger charge is 2.05. The molecule has 0 bridgehead atoms. The molecule has 2 aromatic heterocycles. The number of hydrogen-bond acceptors (Lipinski definition) is 3. The maximum Gasteiger partial charge on any atom is 0.125 e. The number of hydrogen-bond donors (Lipinski definition) is 2. The normalized spacial score (nSPS) is 10.7. The van der Waals surface area contributed by atoms with Crippen molar-refractivity contribution in [3.8, 4) is 0 Å². The molecule has 0 fully saturated rings. The lowest BCUT2D eigenvalue weighted by molar-refractivity contribution is 1.00. The number of aromatic nitrogens is 3. The highest BCUT2D eigenvalue weighted by atomic mass is 35.5. The Kier molecular flexibility index (Phi) is 2.86. The minimum Gasteiger partial charge on any atom is -0.376 e. The molecule has 0 aliphatic carbocycles. The van der Waals surface area contributed by atoms with Gasteiger partial charge in [0.1, 0.15) is 5.82 Å². The SMILES string of the molecule is Clc1ccc(NCc2ncc[nH]2)c2ncccc12. The molecule has 3 aromatic rings. The van der Waals surface area contributed by atoms with Crippen molar-refractivity contribution in [2.45, 2.75) is 6.54 Å². The number of rotatable bonds is 3. The van der Waals surface area contributed by atoms with Crippen molar-refractivity contribution in [3.63, 3.8) is 0 Å². The van der Waals surface area contributed by atoms with Crippen molar-refractivity contribution in [3.05, 3.63) is 53.7 Å². The number of fused-ring (bicyclic) bond motifs is 1. The van der Waals surface area contributed by atoms with Crippen LogP contribution in [0, 0.1) is 0 Å². The highest BCUT2D eigenvalue weighted by molar-refractivity contribution is 6.35. The van der Waals surface area contributed by atoms with Gasteiger partial charge in [0.25, 0.3) is 0 Å². The average Bonchev–Trinajstić information content (AvgIpc) is 2.92. The maximum absolute atomic E-state index is 6.14. The van der Waals surface area contributed by atoms with E-state index >= 15 is 0 Å². The average molecular weight is 259 g/mol. The Hall–Kier alpha value is -2.07. The number of nitrogens with one attached hydrogen (secondary N) is 2. The van der Waals surface area contributed by atoms with Crippen molar-refractivity contribution in [1.29, 1.82) is 0 Å². The van der Waals surface area contributed by atoms with Gasteiger partial charge in [0.05, 0.1) is 22.8 Å². The number of H-pyrrole nitrogens is 1. The van der Waals surface area contributed by atoms with E-state index in [-0.39, 0.29) is 0 Å². The van der Waals surface area contributed by atoms with Gasteiger partial charge in [-0.15, -0.1) is 0 Å². The van der Waals surface area contributed by atoms with Gasteiger partial charge in [0.2, 0.25) is 0 Å². The molecular weight excluding hydrogens is 248 g/mol. The third-order valence-corrected chi connectivity index (χ3v) is 3.05. The summed E-state index contributed by atoms with van der Waals surface area (Å²) in [5, 5.41) is 4.96. The molecule has 0 saturated carbocycles. The summed E-state index contributed by atoms with van der Waals surface area (Å²) >= 11 is 6.14. The Morgan fingerprint density at radius 2 is 2.11 bits per heavy atom. The molecule has 0 spiro atoms. The van der Waals surface area contributed by atoms with Gasteiger partial charge in [0, 0.05) is 24.0 Å². The summed E-state index contributed by atoms with van der Waals surface area (Å²) in [4.78, 5) is 11.6. The number of nitrogens with zero attached hydrogens (tertiary/aromatic N) is 2. The molecule has 0 aliphatic rings. The largest absolute Gasteiger partial charge is 0.376 e. The zero-order valence-electron chi connectivity index (χ0n) is 9.52. The summed E-state index contributed by atoms with van der Waals surface area (Å²) in [5.41, 5.74) is 1.82. The molecule has 2 N–H and O–H groups in total. The molecular formula is C13H11ClN4. The molecule has 90 valence electrons. The Labute approximate surface area is 109 Å². The number of anilines is 1. The molecule has 0 unspecified atom stereocenters. The topological polar surface area (TPSA) is 53.6 Å². The molecule has 3 rings (SSSR count). The van der Waals surface area contributed by atoms with E-state index in [1.54, 1.807) is 18.6 Å². The van der Waals surface area contributed by atoms with E-state index in [4.69, 9.17) is 11.6 Å². The van der Waals surface area contributed by atoms with Gasteiger partial charge in [-0.3, -0.25) is 4.98 Å². The quantitative estimate of drug-likeness (QED) is 0.758. The Balaban J connectivity index is 1.94. The van der Waals surface area contributed by atoms with E-state index in [0.717, 1.165) is 22.4 Å². The van der Waals surface area contributed by atoms with Crippen LogP contribution in [0.3, 0.4) is 0 Å². The summed E-state index contributed by atoms with van der Waals surface area (Å²) in [7, 11) is 0. The predicted octanol–water partition coefficient (Wildman–Crippen LogP) is 3.22. The number of aromatic amines is 1. The second-order valence-corrected chi connectivity index (χ2v) is 4.29. The second-order valence-electron chi connectivity index (χ2n) is 3.88. The van der Waals surface area contributed by atoms with E-state index in [2.05, 4.69) is 20.3 Å². The second kappa shape index (κ2) is 4.66. The van der Waals surface area contributed by atoms with Crippen LogP contribution in [0.15, 0.2) is 42.9 Å². The van der Waals surface area contributed by atoms with Crippen LogP contribution >= 0.6 is 11.6 Å². The minimum absolute atomic E-state index is 0.625. The van der Waals surface area contributed by atoms with Gasteiger partial charge in [-0.2, -0.15) is 0 Å². The van der Waals surface area contributed by atoms with Crippen molar-refractivity contribution in [2.75, 3.05) is 5.32 Å². The fourth-order valence-electron chi connectivity index (χ4n) is 1.85. The van der Waals surface area contributed by atoms with Crippen LogP contribution in [0.1, 0.15) is 5.82 Å². The van der Waals surface area contributed by atoms with Gasteiger partial charge < -0.3 is 10.3 Å². The van der Waals surface area contributed by atoms with Crippen LogP contribution < -0.4 is 5.32 Å². The predicted molar refractivity (Wildman–Crippen MR) is 72.7 cm³/mol. The van der Waals surface area contributed by atoms with Crippen LogP contribution in [0.4, 0.5) is 5.69 Å². The lowest BCUT2D eigenvalue weighted by Gasteiger charge is -2.08. The summed E-state index contributed by atoms with van der Waals surface area (Å²) in [6, 6.07) is 7.64. The standard InChI is InChI=1S/C13H11ClN4/c14-10-3-4-11(13-9(10)2-1-5-17-13)18-8-12-15-6-7-16-12/h1-7,18H,8H2,(H,15,16). The maximum atomic E-state index is 6.14. The van der Waals surface area contributed by atoms with Gasteiger partial charge in [-0.25, -0.2) is 4.98 Å². The van der Waals surface area contributed by atoms with Crippen LogP contribution in [-0.4, -0.2) is 15.0 Å². The van der Waals surface area contributed by atoms with Crippen molar-refractivity contribution >= 4 is 28.2 Å². The molecule has 0 radical (unpaired) electrons. The summed E-state index contributed by atoms with van der Waals surface area (Å²) in [6.45, 7) is 0.625. The lowest BCUT2D eigenvalue weighted by Crippen LogP contribution is -2.02. The van der Waals surface area contributed by atoms with E-state index in [1.807, 2.05) is 24.3 Å². The highest BCUT2D eigenvalue weighted by Crippen LogP contribution is 2.27. The summed E-state index contributed by atoms with van der Waals surface area (Å²) in [5.74, 6) is 0.883. The smallest absolute Gasteiger partial charge is 0.125 e. The third kappa shape index (κ3) is 2.02. The first-order valence-electron chi connectivity index (χ1n) is 5.60. The third-order valence-electron chi connectivity index (χ3n) is 2.72. The Bertz CT molecular complexity index is 664. The van der Waals surface area contributed by atoms with E-state index in [1.165, 1.54) is 0 Å². The summed E-state index contributed by atoms with van der Waals surface area (Å²) in [6.07, 6.45) is 5.29. The molecule has 0 aliphatic heterocycles. The molecule has 0 atom stereocenters. The van der Waals surface area contributed by atoms with E-state index < -0.39 is 0 Å². The number of imidazole rings is 1. The first-order valence-corrected chi connectivity index (χ1v) is 5.98. The molecule has 1 aromatic carbocycles. The number of halogens is 1. The number of pyridine rings is 1. The zero-order valence-corrected chi connectivity index (χ0v) is 10.3. The molecule has 4 nitrogen and oxygen atoms in total. The van der Waals surface area contributed by atoms with E-state index in [9.17, 15) is 0 Å². The first kappa shape index (κ1) is 11.0. The first-order chi connectivity index (χ1) is 8.84. The van der Waals surface area contributed by atoms with Crippen LogP contribution in [0.5, 0.6) is 0 Å². The minimum atomic E-state index is 0.625. The lowest BCUT2D eigenvalue weighted by atomic mass is 10.2.